The summed E-state index contributed by atoms with van der Waals surface area (Å²) in [6.45, 7) is 7.17. The van der Waals surface area contributed by atoms with Gasteiger partial charge in [0.2, 0.25) is 15.9 Å². The highest BCUT2D eigenvalue weighted by atomic mass is 32.2. The zero-order valence-electron chi connectivity index (χ0n) is 19.1. The third-order valence-corrected chi connectivity index (χ3v) is 6.69. The summed E-state index contributed by atoms with van der Waals surface area (Å²) in [7, 11) is -2.47. The van der Waals surface area contributed by atoms with Gasteiger partial charge in [-0.3, -0.25) is 14.5 Å². The second-order valence-corrected chi connectivity index (χ2v) is 9.76. The van der Waals surface area contributed by atoms with Gasteiger partial charge in [0.25, 0.3) is 5.91 Å². The van der Waals surface area contributed by atoms with Crippen LogP contribution in [0.1, 0.15) is 30.0 Å². The van der Waals surface area contributed by atoms with Crippen LogP contribution in [0.2, 0.25) is 0 Å². The number of methoxy groups -OCH3 is 1. The minimum atomic E-state index is -3.85. The van der Waals surface area contributed by atoms with Gasteiger partial charge < -0.3 is 19.5 Å². The first kappa shape index (κ1) is 24.7. The average Bonchev–Trinajstić information content (AvgIpc) is 3.16. The Balaban J connectivity index is 1.62. The van der Waals surface area contributed by atoms with Crippen LogP contribution < -0.4 is 14.8 Å². The van der Waals surface area contributed by atoms with Gasteiger partial charge in [-0.2, -0.15) is 0 Å². The molecule has 0 saturated carbocycles. The van der Waals surface area contributed by atoms with E-state index in [9.17, 15) is 18.0 Å². The number of ether oxygens (including phenoxy) is 1. The second-order valence-electron chi connectivity index (χ2n) is 8.08. The van der Waals surface area contributed by atoms with Crippen molar-refractivity contribution < 1.29 is 27.3 Å². The fraction of sp³-hybridized carbons (Fsp3) is 0.476. The molecule has 1 aromatic heterocycles. The molecule has 0 bridgehead atoms. The van der Waals surface area contributed by atoms with Crippen LogP contribution in [-0.2, 0) is 14.8 Å². The Labute approximate surface area is 193 Å². The highest BCUT2D eigenvalue weighted by molar-refractivity contribution is 7.89. The Morgan fingerprint density at radius 1 is 1.18 bits per heavy atom. The average molecular weight is 480 g/mol. The van der Waals surface area contributed by atoms with Crippen molar-refractivity contribution in [2.24, 2.45) is 0 Å². The predicted octanol–water partition coefficient (Wildman–Crippen LogP) is 1.07. The maximum atomic E-state index is 13.0. The monoisotopic (exact) mass is 479 g/mol. The highest BCUT2D eigenvalue weighted by Gasteiger charge is 2.27. The molecule has 0 aliphatic carbocycles. The predicted molar refractivity (Wildman–Crippen MR) is 121 cm³/mol. The first-order valence-corrected chi connectivity index (χ1v) is 12.0. The number of carbonyl (C=O) groups excluding carboxylic acids is 2. The van der Waals surface area contributed by atoms with E-state index < -0.39 is 10.0 Å². The van der Waals surface area contributed by atoms with Crippen molar-refractivity contribution in [1.82, 2.24) is 19.7 Å². The zero-order chi connectivity index (χ0) is 24.2. The smallest absolute Gasteiger partial charge is 0.253 e. The van der Waals surface area contributed by atoms with Crippen molar-refractivity contribution in [2.75, 3.05) is 45.2 Å². The number of carbonyl (C=O) groups is 2. The molecule has 0 radical (unpaired) electrons. The Morgan fingerprint density at radius 2 is 1.88 bits per heavy atom. The van der Waals surface area contributed by atoms with Crippen LogP contribution in [0.15, 0.2) is 33.7 Å². The van der Waals surface area contributed by atoms with Crippen LogP contribution in [0.5, 0.6) is 5.75 Å². The summed E-state index contributed by atoms with van der Waals surface area (Å²) >= 11 is 0. The van der Waals surface area contributed by atoms with Crippen LogP contribution >= 0.6 is 0 Å². The number of sulfonamides is 1. The fourth-order valence-electron chi connectivity index (χ4n) is 3.50. The van der Waals surface area contributed by atoms with Crippen LogP contribution in [0, 0.1) is 6.92 Å². The van der Waals surface area contributed by atoms with Gasteiger partial charge in [0, 0.05) is 43.9 Å². The summed E-state index contributed by atoms with van der Waals surface area (Å²) in [5.41, 5.74) is 0.257. The van der Waals surface area contributed by atoms with Crippen molar-refractivity contribution in [3.05, 3.63) is 35.6 Å². The molecule has 3 rings (SSSR count). The normalized spacial score (nSPS) is 15.0. The van der Waals surface area contributed by atoms with Gasteiger partial charge in [0.15, 0.2) is 5.82 Å². The molecule has 11 nitrogen and oxygen atoms in total. The fourth-order valence-corrected chi connectivity index (χ4v) is 4.94. The molecule has 0 spiro atoms. The number of aromatic nitrogens is 1. The van der Waals surface area contributed by atoms with Crippen molar-refractivity contribution >= 4 is 27.7 Å². The third kappa shape index (κ3) is 6.30. The lowest BCUT2D eigenvalue weighted by molar-refractivity contribution is -0.117. The second kappa shape index (κ2) is 10.3. The van der Waals surface area contributed by atoms with E-state index in [0.29, 0.717) is 37.8 Å². The van der Waals surface area contributed by atoms with E-state index in [1.165, 1.54) is 19.2 Å². The van der Waals surface area contributed by atoms with E-state index in [-0.39, 0.29) is 40.6 Å². The van der Waals surface area contributed by atoms with Crippen molar-refractivity contribution in [3.63, 3.8) is 0 Å². The first-order valence-electron chi connectivity index (χ1n) is 10.5. The number of rotatable bonds is 8. The SMILES string of the molecule is COc1ccc(C(=O)N2CCN(CC(=O)Nc3cc(C)on3)CC2)cc1S(=O)(=O)NC(C)C. The Kier molecular flexibility index (Phi) is 7.72. The maximum absolute atomic E-state index is 13.0. The molecule has 2 heterocycles. The molecule has 33 heavy (non-hydrogen) atoms. The van der Waals surface area contributed by atoms with E-state index in [2.05, 4.69) is 15.2 Å². The number of hydrogen-bond acceptors (Lipinski definition) is 8. The molecule has 12 heteroatoms. The highest BCUT2D eigenvalue weighted by Crippen LogP contribution is 2.26. The largest absolute Gasteiger partial charge is 0.495 e. The Hall–Kier alpha value is -2.96. The van der Waals surface area contributed by atoms with Crippen molar-refractivity contribution in [2.45, 2.75) is 31.7 Å². The van der Waals surface area contributed by atoms with Gasteiger partial charge in [-0.15, -0.1) is 0 Å². The third-order valence-electron chi connectivity index (χ3n) is 5.01. The van der Waals surface area contributed by atoms with E-state index in [0.717, 1.165) is 0 Å². The number of nitrogens with zero attached hydrogens (tertiary/aromatic N) is 3. The van der Waals surface area contributed by atoms with Gasteiger partial charge >= 0.3 is 0 Å². The minimum absolute atomic E-state index is 0.0806. The van der Waals surface area contributed by atoms with Crippen molar-refractivity contribution in [1.29, 1.82) is 0 Å². The zero-order valence-corrected chi connectivity index (χ0v) is 19.9. The number of hydrogen-bond donors (Lipinski definition) is 2. The molecule has 1 fully saturated rings. The van der Waals surface area contributed by atoms with Gasteiger partial charge in [0.1, 0.15) is 16.4 Å². The molecule has 2 aromatic rings. The topological polar surface area (TPSA) is 134 Å². The van der Waals surface area contributed by atoms with E-state index in [1.807, 2.05) is 4.90 Å². The molecule has 180 valence electrons. The molecule has 1 aromatic carbocycles. The van der Waals surface area contributed by atoms with Gasteiger partial charge in [-0.1, -0.05) is 5.16 Å². The van der Waals surface area contributed by atoms with E-state index in [1.54, 1.807) is 37.8 Å². The standard InChI is InChI=1S/C21H29N5O6S/c1-14(2)24-33(29,30)18-12-16(5-6-17(18)31-4)21(28)26-9-7-25(8-10-26)13-20(27)22-19-11-15(3)32-23-19/h5-6,11-12,14,24H,7-10,13H2,1-4H3,(H,22,23,27). The maximum Gasteiger partial charge on any atom is 0.253 e. The summed E-state index contributed by atoms with van der Waals surface area (Å²) in [6.07, 6.45) is 0. The molecule has 2 amide bonds. The van der Waals surface area contributed by atoms with Crippen LogP contribution in [0.3, 0.4) is 0 Å². The number of piperazine rings is 1. The lowest BCUT2D eigenvalue weighted by atomic mass is 10.1. The summed E-state index contributed by atoms with van der Waals surface area (Å²) in [6, 6.07) is 5.70. The molecular formula is C21H29N5O6S. The Morgan fingerprint density at radius 3 is 2.45 bits per heavy atom. The van der Waals surface area contributed by atoms with Crippen LogP contribution in [0.25, 0.3) is 0 Å². The van der Waals surface area contributed by atoms with Gasteiger partial charge in [-0.25, -0.2) is 13.1 Å². The summed E-state index contributed by atoms with van der Waals surface area (Å²) in [5, 5.41) is 6.41. The molecule has 1 saturated heterocycles. The molecule has 1 aliphatic heterocycles. The van der Waals surface area contributed by atoms with E-state index >= 15 is 0 Å². The summed E-state index contributed by atoms with van der Waals surface area (Å²) < 4.78 is 38.0. The number of aryl methyl sites for hydroxylation is 1. The molecule has 1 aliphatic rings. The quantitative estimate of drug-likeness (QED) is 0.574. The summed E-state index contributed by atoms with van der Waals surface area (Å²) in [4.78, 5) is 28.7. The number of nitrogens with one attached hydrogen (secondary N) is 2. The lowest BCUT2D eigenvalue weighted by Gasteiger charge is -2.34. The van der Waals surface area contributed by atoms with Gasteiger partial charge in [0.05, 0.1) is 13.7 Å². The van der Waals surface area contributed by atoms with Crippen LogP contribution in [0.4, 0.5) is 5.82 Å². The number of benzene rings is 1. The minimum Gasteiger partial charge on any atom is -0.495 e. The number of anilines is 1. The van der Waals surface area contributed by atoms with Gasteiger partial charge in [-0.05, 0) is 39.0 Å². The first-order chi connectivity index (χ1) is 15.6. The Bertz CT molecular complexity index is 1110. The van der Waals surface area contributed by atoms with E-state index in [4.69, 9.17) is 9.26 Å². The molecule has 0 atom stereocenters. The lowest BCUT2D eigenvalue weighted by Crippen LogP contribution is -2.50. The number of amides is 2. The summed E-state index contributed by atoms with van der Waals surface area (Å²) in [5.74, 6) is 0.639. The molecular weight excluding hydrogens is 450 g/mol. The molecule has 2 N–H and O–H groups in total. The molecule has 0 unspecified atom stereocenters. The van der Waals surface area contributed by atoms with Crippen LogP contribution in [-0.4, -0.2) is 81.1 Å². The van der Waals surface area contributed by atoms with Crippen molar-refractivity contribution in [3.8, 4) is 5.75 Å².